The summed E-state index contributed by atoms with van der Waals surface area (Å²) in [5, 5.41) is 5.57. The zero-order valence-electron chi connectivity index (χ0n) is 18.0. The third-order valence-electron chi connectivity index (χ3n) is 5.24. The molecular formula is C26H23N3O4. The lowest BCUT2D eigenvalue weighted by molar-refractivity contribution is -0.124. The molecule has 0 fully saturated rings. The molecule has 4 rings (SSSR count). The molecule has 0 spiro atoms. The van der Waals surface area contributed by atoms with Crippen LogP contribution in [-0.2, 0) is 14.4 Å². The highest BCUT2D eigenvalue weighted by Crippen LogP contribution is 2.33. The number of nitrogens with zero attached hydrogens (tertiary/aromatic N) is 1. The minimum atomic E-state index is -0.989. The number of ether oxygens (including phenoxy) is 1. The molecule has 3 amide bonds. The fourth-order valence-electron chi connectivity index (χ4n) is 3.62. The Bertz CT molecular complexity index is 1190. The lowest BCUT2D eigenvalue weighted by Crippen LogP contribution is -2.52. The van der Waals surface area contributed by atoms with Crippen molar-refractivity contribution in [3.05, 3.63) is 90.5 Å². The molecule has 0 unspecified atom stereocenters. The Kier molecular flexibility index (Phi) is 6.50. The number of anilines is 3. The molecule has 1 aliphatic heterocycles. The van der Waals surface area contributed by atoms with E-state index in [1.54, 1.807) is 73.8 Å². The van der Waals surface area contributed by atoms with Crippen LogP contribution < -0.4 is 20.3 Å². The topological polar surface area (TPSA) is 87.7 Å². The molecule has 2 N–H and O–H groups in total. The van der Waals surface area contributed by atoms with Crippen molar-refractivity contribution in [1.29, 1.82) is 0 Å². The Hall–Kier alpha value is -4.39. The van der Waals surface area contributed by atoms with Gasteiger partial charge in [-0.3, -0.25) is 19.3 Å². The fourth-order valence-corrected chi connectivity index (χ4v) is 3.62. The highest BCUT2D eigenvalue weighted by molar-refractivity contribution is 6.16. The molecule has 1 atom stereocenters. The van der Waals surface area contributed by atoms with Crippen LogP contribution in [-0.4, -0.2) is 30.9 Å². The molecule has 0 radical (unpaired) electrons. The molecule has 3 aromatic carbocycles. The molecule has 1 heterocycles. The molecule has 3 aromatic rings. The number of methoxy groups -OCH3 is 1. The number of carbonyl (C=O) groups excluding carboxylic acids is 3. The maximum atomic E-state index is 13.3. The molecule has 0 saturated carbocycles. The monoisotopic (exact) mass is 441 g/mol. The van der Waals surface area contributed by atoms with E-state index in [2.05, 4.69) is 10.6 Å². The largest absolute Gasteiger partial charge is 0.497 e. The number of carbonyl (C=O) groups is 3. The molecule has 0 bridgehead atoms. The molecule has 166 valence electrons. The van der Waals surface area contributed by atoms with E-state index in [0.29, 0.717) is 22.8 Å². The van der Waals surface area contributed by atoms with Gasteiger partial charge in [0.25, 0.3) is 5.91 Å². The number of hydrogen-bond acceptors (Lipinski definition) is 4. The smallest absolute Gasteiger partial charge is 0.251 e. The van der Waals surface area contributed by atoms with Crippen molar-refractivity contribution in [3.63, 3.8) is 0 Å². The quantitative estimate of drug-likeness (QED) is 0.564. The van der Waals surface area contributed by atoms with Crippen molar-refractivity contribution in [2.75, 3.05) is 22.6 Å². The van der Waals surface area contributed by atoms with Crippen LogP contribution in [0.3, 0.4) is 0 Å². The van der Waals surface area contributed by atoms with Gasteiger partial charge in [0.1, 0.15) is 11.8 Å². The van der Waals surface area contributed by atoms with Crippen LogP contribution in [0.4, 0.5) is 17.1 Å². The average Bonchev–Trinajstić information content (AvgIpc) is 2.84. The Labute approximate surface area is 191 Å². The molecule has 1 aliphatic rings. The van der Waals surface area contributed by atoms with E-state index in [4.69, 9.17) is 4.74 Å². The molecule has 7 heteroatoms. The Balaban J connectivity index is 1.58. The summed E-state index contributed by atoms with van der Waals surface area (Å²) in [7, 11) is 1.58. The minimum absolute atomic E-state index is 0.183. The van der Waals surface area contributed by atoms with E-state index in [-0.39, 0.29) is 12.3 Å². The Morgan fingerprint density at radius 2 is 1.70 bits per heavy atom. The molecule has 0 aliphatic carbocycles. The molecule has 0 aromatic heterocycles. The zero-order valence-corrected chi connectivity index (χ0v) is 18.0. The summed E-state index contributed by atoms with van der Waals surface area (Å²) in [6, 6.07) is 22.2. The summed E-state index contributed by atoms with van der Waals surface area (Å²) in [5.41, 5.74) is 2.49. The molecule has 33 heavy (non-hydrogen) atoms. The standard InChI is InChI=1S/C26H23N3O4/c1-33-20-14-11-18(12-15-20)13-16-25(31)29-22-10-6-5-9-21(22)28-26(32)23(29)17-24(30)27-19-7-3-2-4-8-19/h2-16,23H,17H2,1H3,(H,27,30)(H,28,32)/b16-13+/t23-/m0/s1. The van der Waals surface area contributed by atoms with Crippen molar-refractivity contribution in [2.45, 2.75) is 12.5 Å². The summed E-state index contributed by atoms with van der Waals surface area (Å²) in [6.45, 7) is 0. The third kappa shape index (κ3) is 5.10. The third-order valence-corrected chi connectivity index (χ3v) is 5.24. The second-order valence-electron chi connectivity index (χ2n) is 7.46. The summed E-state index contributed by atoms with van der Waals surface area (Å²) in [6.07, 6.45) is 2.88. The highest BCUT2D eigenvalue weighted by Gasteiger charge is 2.37. The average molecular weight is 441 g/mol. The van der Waals surface area contributed by atoms with E-state index in [1.807, 2.05) is 18.2 Å². The second kappa shape index (κ2) is 9.82. The predicted octanol–water partition coefficient (Wildman–Crippen LogP) is 4.09. The first-order chi connectivity index (χ1) is 16.0. The Morgan fingerprint density at radius 1 is 1.00 bits per heavy atom. The number of benzene rings is 3. The summed E-state index contributed by atoms with van der Waals surface area (Å²) >= 11 is 0. The number of amides is 3. The van der Waals surface area contributed by atoms with Crippen LogP contribution in [0.25, 0.3) is 6.08 Å². The zero-order chi connectivity index (χ0) is 23.2. The minimum Gasteiger partial charge on any atom is -0.497 e. The van der Waals surface area contributed by atoms with Crippen LogP contribution in [0.5, 0.6) is 5.75 Å². The van der Waals surface area contributed by atoms with E-state index in [0.717, 1.165) is 5.56 Å². The summed E-state index contributed by atoms with van der Waals surface area (Å²) in [4.78, 5) is 40.2. The van der Waals surface area contributed by atoms with Crippen LogP contribution >= 0.6 is 0 Å². The van der Waals surface area contributed by atoms with Gasteiger partial charge in [0.15, 0.2) is 0 Å². The van der Waals surface area contributed by atoms with Gasteiger partial charge in [-0.25, -0.2) is 0 Å². The first kappa shape index (κ1) is 21.8. The maximum Gasteiger partial charge on any atom is 0.251 e. The summed E-state index contributed by atoms with van der Waals surface area (Å²) in [5.74, 6) is -0.462. The SMILES string of the molecule is COc1ccc(/C=C/C(=O)N2c3ccccc3NC(=O)[C@@H]2CC(=O)Nc2ccccc2)cc1. The van der Waals surface area contributed by atoms with Crippen molar-refractivity contribution in [1.82, 2.24) is 0 Å². The van der Waals surface area contributed by atoms with Crippen LogP contribution in [0.1, 0.15) is 12.0 Å². The van der Waals surface area contributed by atoms with Crippen molar-refractivity contribution < 1.29 is 19.1 Å². The second-order valence-corrected chi connectivity index (χ2v) is 7.46. The van der Waals surface area contributed by atoms with Crippen molar-refractivity contribution >= 4 is 40.9 Å². The van der Waals surface area contributed by atoms with Gasteiger partial charge >= 0.3 is 0 Å². The normalized spacial score (nSPS) is 15.0. The van der Waals surface area contributed by atoms with Gasteiger partial charge in [-0.15, -0.1) is 0 Å². The number of hydrogen-bond donors (Lipinski definition) is 2. The van der Waals surface area contributed by atoms with Gasteiger partial charge in [-0.1, -0.05) is 42.5 Å². The van der Waals surface area contributed by atoms with Gasteiger partial charge in [0.05, 0.1) is 24.9 Å². The van der Waals surface area contributed by atoms with Crippen molar-refractivity contribution in [3.8, 4) is 5.75 Å². The Morgan fingerprint density at radius 3 is 2.42 bits per heavy atom. The number of para-hydroxylation sites is 3. The highest BCUT2D eigenvalue weighted by atomic mass is 16.5. The van der Waals surface area contributed by atoms with Crippen molar-refractivity contribution in [2.24, 2.45) is 0 Å². The number of fused-ring (bicyclic) bond motifs is 1. The first-order valence-electron chi connectivity index (χ1n) is 10.5. The van der Waals surface area contributed by atoms with Gasteiger partial charge in [-0.2, -0.15) is 0 Å². The lowest BCUT2D eigenvalue weighted by atomic mass is 10.0. The predicted molar refractivity (Wildman–Crippen MR) is 128 cm³/mol. The van der Waals surface area contributed by atoms with Gasteiger partial charge < -0.3 is 15.4 Å². The number of nitrogens with one attached hydrogen (secondary N) is 2. The molecule has 7 nitrogen and oxygen atoms in total. The fraction of sp³-hybridized carbons (Fsp3) is 0.115. The van der Waals surface area contributed by atoms with E-state index in [1.165, 1.54) is 11.0 Å². The first-order valence-corrected chi connectivity index (χ1v) is 10.5. The number of rotatable bonds is 6. The summed E-state index contributed by atoms with van der Waals surface area (Å²) < 4.78 is 5.15. The van der Waals surface area contributed by atoms with E-state index >= 15 is 0 Å². The van der Waals surface area contributed by atoms with Gasteiger partial charge in [0, 0.05) is 11.8 Å². The molecule has 0 saturated heterocycles. The van der Waals surface area contributed by atoms with Crippen LogP contribution in [0.15, 0.2) is 84.9 Å². The lowest BCUT2D eigenvalue weighted by Gasteiger charge is -2.35. The molecular weight excluding hydrogens is 418 g/mol. The maximum absolute atomic E-state index is 13.3. The van der Waals surface area contributed by atoms with Crippen LogP contribution in [0.2, 0.25) is 0 Å². The van der Waals surface area contributed by atoms with Gasteiger partial charge in [-0.05, 0) is 48.0 Å². The van der Waals surface area contributed by atoms with E-state index in [9.17, 15) is 14.4 Å². The van der Waals surface area contributed by atoms with Crippen LogP contribution in [0, 0.1) is 0 Å². The van der Waals surface area contributed by atoms with E-state index < -0.39 is 17.9 Å². The van der Waals surface area contributed by atoms with Gasteiger partial charge in [0.2, 0.25) is 11.8 Å².